The van der Waals surface area contributed by atoms with E-state index in [9.17, 15) is 24.3 Å². The van der Waals surface area contributed by atoms with Crippen LogP contribution in [-0.4, -0.2) is 68.5 Å². The number of nitrogens with one attached hydrogen (secondary N) is 2. The zero-order chi connectivity index (χ0) is 31.7. The highest BCUT2D eigenvalue weighted by molar-refractivity contribution is 7.13. The van der Waals surface area contributed by atoms with Gasteiger partial charge in [0.05, 0.1) is 28.2 Å². The fourth-order valence-corrected chi connectivity index (χ4v) is 6.15. The van der Waals surface area contributed by atoms with E-state index in [-0.39, 0.29) is 49.6 Å². The highest BCUT2D eigenvalue weighted by atomic mass is 32.1. The standard InChI is InChI=1S/C32H46N4O6S/c1-20(22-13-15-23(16-14-22)28-21(2)33-19-43-28)34-30(41)25-17-24(37)18-36(25)31(42)29(32(3,4)5)35-26(38)11-9-7-6-8-10-12-27(39)40/h13-16,19-20,24-25,29,37H,6-12,17-18H2,1-5H3,(H,34,41)(H,35,38)(H,39,40)/t20-,24+,25-,29+/m0/s1. The smallest absolute Gasteiger partial charge is 0.303 e. The average Bonchev–Trinajstić information content (AvgIpc) is 3.55. The molecule has 0 radical (unpaired) electrons. The summed E-state index contributed by atoms with van der Waals surface area (Å²) in [6, 6.07) is 5.90. The summed E-state index contributed by atoms with van der Waals surface area (Å²) in [5.74, 6) is -1.78. The number of benzene rings is 1. The Labute approximate surface area is 258 Å². The summed E-state index contributed by atoms with van der Waals surface area (Å²) >= 11 is 1.58. The number of carbonyl (C=O) groups is 4. The number of thiazole rings is 1. The molecule has 1 fully saturated rings. The number of carboxylic acid groups (broad SMARTS) is 1. The van der Waals surface area contributed by atoms with Gasteiger partial charge in [0.2, 0.25) is 17.7 Å². The molecule has 1 saturated heterocycles. The van der Waals surface area contributed by atoms with E-state index in [1.165, 1.54) is 4.90 Å². The molecule has 0 unspecified atom stereocenters. The minimum Gasteiger partial charge on any atom is -0.481 e. The SMILES string of the molecule is Cc1ncsc1-c1ccc([C@H](C)NC(=O)[C@@H]2C[C@@H](O)CN2C(=O)[C@@H](NC(=O)CCCCCCCC(=O)O)C(C)(C)C)cc1. The topological polar surface area (TPSA) is 149 Å². The number of aliphatic hydroxyl groups is 1. The van der Waals surface area contributed by atoms with Gasteiger partial charge in [-0.2, -0.15) is 0 Å². The van der Waals surface area contributed by atoms with Crippen LogP contribution in [0.2, 0.25) is 0 Å². The minimum absolute atomic E-state index is 0.0208. The minimum atomic E-state index is -0.865. The molecule has 1 aliphatic rings. The summed E-state index contributed by atoms with van der Waals surface area (Å²) in [7, 11) is 0. The maximum absolute atomic E-state index is 13.8. The molecule has 0 bridgehead atoms. The van der Waals surface area contributed by atoms with Crippen molar-refractivity contribution in [1.29, 1.82) is 0 Å². The molecule has 43 heavy (non-hydrogen) atoms. The molecule has 2 heterocycles. The van der Waals surface area contributed by atoms with E-state index in [1.54, 1.807) is 11.3 Å². The van der Waals surface area contributed by atoms with Crippen LogP contribution in [0.1, 0.15) is 96.4 Å². The lowest BCUT2D eigenvalue weighted by Crippen LogP contribution is -2.57. The Morgan fingerprint density at radius 2 is 1.65 bits per heavy atom. The maximum atomic E-state index is 13.8. The van der Waals surface area contributed by atoms with Crippen LogP contribution in [0.3, 0.4) is 0 Å². The van der Waals surface area contributed by atoms with Crippen LogP contribution in [0.25, 0.3) is 10.4 Å². The highest BCUT2D eigenvalue weighted by Crippen LogP contribution is 2.29. The molecule has 0 spiro atoms. The number of hydrogen-bond donors (Lipinski definition) is 4. The number of likely N-dealkylation sites (tertiary alicyclic amines) is 1. The second-order valence-electron chi connectivity index (χ2n) is 12.5. The zero-order valence-electron chi connectivity index (χ0n) is 25.9. The van der Waals surface area contributed by atoms with Crippen LogP contribution in [0.15, 0.2) is 29.8 Å². The lowest BCUT2D eigenvalue weighted by Gasteiger charge is -2.35. The summed E-state index contributed by atoms with van der Waals surface area (Å²) in [6.45, 7) is 9.45. The van der Waals surface area contributed by atoms with Gasteiger partial charge in [-0.1, -0.05) is 64.3 Å². The predicted octanol–water partition coefficient (Wildman–Crippen LogP) is 4.60. The second-order valence-corrected chi connectivity index (χ2v) is 13.4. The van der Waals surface area contributed by atoms with Gasteiger partial charge in [-0.05, 0) is 43.2 Å². The number of aliphatic hydroxyl groups excluding tert-OH is 1. The summed E-state index contributed by atoms with van der Waals surface area (Å²) in [6.07, 6.45) is 3.40. The Hall–Kier alpha value is -3.31. The van der Waals surface area contributed by atoms with Crippen molar-refractivity contribution >= 4 is 35.0 Å². The van der Waals surface area contributed by atoms with E-state index in [0.717, 1.165) is 41.0 Å². The predicted molar refractivity (Wildman–Crippen MR) is 166 cm³/mol. The Kier molecular flexibility index (Phi) is 12.3. The molecule has 0 aliphatic carbocycles. The van der Waals surface area contributed by atoms with E-state index in [2.05, 4.69) is 15.6 Å². The van der Waals surface area contributed by atoms with Crippen LogP contribution >= 0.6 is 11.3 Å². The van der Waals surface area contributed by atoms with Crippen molar-refractivity contribution in [3.63, 3.8) is 0 Å². The molecule has 1 aromatic carbocycles. The Morgan fingerprint density at radius 3 is 2.23 bits per heavy atom. The van der Waals surface area contributed by atoms with E-state index in [1.807, 2.05) is 64.4 Å². The van der Waals surface area contributed by atoms with Crippen molar-refractivity contribution in [1.82, 2.24) is 20.5 Å². The molecule has 4 N–H and O–H groups in total. The maximum Gasteiger partial charge on any atom is 0.303 e. The number of hydrogen-bond acceptors (Lipinski definition) is 7. The molecule has 3 rings (SSSR count). The first-order valence-corrected chi connectivity index (χ1v) is 16.0. The molecule has 1 aromatic heterocycles. The van der Waals surface area contributed by atoms with E-state index >= 15 is 0 Å². The Balaban J connectivity index is 1.59. The zero-order valence-corrected chi connectivity index (χ0v) is 26.7. The number of amides is 3. The molecule has 0 saturated carbocycles. The summed E-state index contributed by atoms with van der Waals surface area (Å²) < 4.78 is 0. The number of nitrogens with zero attached hydrogens (tertiary/aromatic N) is 2. The van der Waals surface area contributed by atoms with Gasteiger partial charge >= 0.3 is 5.97 Å². The fourth-order valence-electron chi connectivity index (χ4n) is 5.34. The number of β-amino-alcohol motifs (C(OH)–C–C–N with tert-alkyl or cyclic N) is 1. The highest BCUT2D eigenvalue weighted by Gasteiger charge is 2.44. The van der Waals surface area contributed by atoms with Crippen molar-refractivity contribution in [2.24, 2.45) is 5.41 Å². The molecule has 1 aliphatic heterocycles. The number of carbonyl (C=O) groups excluding carboxylic acids is 3. The fraction of sp³-hybridized carbons (Fsp3) is 0.594. The number of rotatable bonds is 14. The lowest BCUT2D eigenvalue weighted by molar-refractivity contribution is -0.144. The number of aryl methyl sites for hydroxylation is 1. The van der Waals surface area contributed by atoms with Crippen LogP contribution in [0.5, 0.6) is 0 Å². The summed E-state index contributed by atoms with van der Waals surface area (Å²) in [5.41, 5.74) is 4.14. The Morgan fingerprint density at radius 1 is 1.02 bits per heavy atom. The molecule has 236 valence electrons. The van der Waals surface area contributed by atoms with Crippen molar-refractivity contribution in [3.8, 4) is 10.4 Å². The van der Waals surface area contributed by atoms with E-state index in [0.29, 0.717) is 12.8 Å². The first-order chi connectivity index (χ1) is 20.3. The van der Waals surface area contributed by atoms with Gasteiger partial charge < -0.3 is 25.7 Å². The van der Waals surface area contributed by atoms with Crippen LogP contribution in [-0.2, 0) is 19.2 Å². The second kappa shape index (κ2) is 15.4. The first kappa shape index (κ1) is 34.2. The van der Waals surface area contributed by atoms with Gasteiger partial charge in [0, 0.05) is 25.8 Å². The molecular weight excluding hydrogens is 568 g/mol. The number of aliphatic carboxylic acids is 1. The summed E-state index contributed by atoms with van der Waals surface area (Å²) in [4.78, 5) is 57.5. The monoisotopic (exact) mass is 614 g/mol. The third-order valence-electron chi connectivity index (χ3n) is 7.85. The number of aromatic nitrogens is 1. The van der Waals surface area contributed by atoms with Crippen molar-refractivity contribution in [3.05, 3.63) is 41.0 Å². The number of carboxylic acids is 1. The number of unbranched alkanes of at least 4 members (excludes halogenated alkanes) is 4. The molecule has 10 nitrogen and oxygen atoms in total. The molecular formula is C32H46N4O6S. The molecule has 3 amide bonds. The van der Waals surface area contributed by atoms with Gasteiger partial charge in [-0.15, -0.1) is 11.3 Å². The van der Waals surface area contributed by atoms with Gasteiger partial charge in [0.15, 0.2) is 0 Å². The van der Waals surface area contributed by atoms with Crippen molar-refractivity contribution in [2.45, 2.75) is 110 Å². The van der Waals surface area contributed by atoms with Crippen molar-refractivity contribution < 1.29 is 29.4 Å². The largest absolute Gasteiger partial charge is 0.481 e. The average molecular weight is 615 g/mol. The lowest BCUT2D eigenvalue weighted by atomic mass is 9.85. The summed E-state index contributed by atoms with van der Waals surface area (Å²) in [5, 5.41) is 25.1. The van der Waals surface area contributed by atoms with Gasteiger partial charge in [-0.25, -0.2) is 4.98 Å². The molecule has 11 heteroatoms. The normalized spacial score (nSPS) is 18.2. The Bertz CT molecular complexity index is 1260. The van der Waals surface area contributed by atoms with E-state index < -0.39 is 29.6 Å². The van der Waals surface area contributed by atoms with Crippen molar-refractivity contribution in [2.75, 3.05) is 6.54 Å². The van der Waals surface area contributed by atoms with E-state index in [4.69, 9.17) is 5.11 Å². The van der Waals surface area contributed by atoms with Crippen LogP contribution < -0.4 is 10.6 Å². The van der Waals surface area contributed by atoms with Crippen LogP contribution in [0.4, 0.5) is 0 Å². The molecule has 2 aromatic rings. The quantitative estimate of drug-likeness (QED) is 0.227. The third-order valence-corrected chi connectivity index (χ3v) is 8.83. The van der Waals surface area contributed by atoms with Gasteiger partial charge in [0.1, 0.15) is 12.1 Å². The van der Waals surface area contributed by atoms with Gasteiger partial charge in [0.25, 0.3) is 0 Å². The first-order valence-electron chi connectivity index (χ1n) is 15.1. The molecule has 4 atom stereocenters. The van der Waals surface area contributed by atoms with Crippen LogP contribution in [0, 0.1) is 12.3 Å². The third kappa shape index (κ3) is 9.86. The van der Waals surface area contributed by atoms with Gasteiger partial charge in [-0.3, -0.25) is 19.2 Å².